The molecule has 2 N–H and O–H groups in total. The summed E-state index contributed by atoms with van der Waals surface area (Å²) >= 11 is 0. The Bertz CT molecular complexity index is 830. The van der Waals surface area contributed by atoms with Gasteiger partial charge in [-0.25, -0.2) is 4.39 Å². The first-order valence-electron chi connectivity index (χ1n) is 10.2. The van der Waals surface area contributed by atoms with Crippen LogP contribution < -0.4 is 15.4 Å². The highest BCUT2D eigenvalue weighted by atomic mass is 19.1. The number of hydrogen-bond acceptors (Lipinski definition) is 4. The van der Waals surface area contributed by atoms with Gasteiger partial charge >= 0.3 is 0 Å². The predicted molar refractivity (Wildman–Crippen MR) is 103 cm³/mol. The number of halogens is 1. The number of carbonyl (C=O) groups excluding carboxylic acids is 3. The van der Waals surface area contributed by atoms with Gasteiger partial charge in [0.2, 0.25) is 11.8 Å². The third kappa shape index (κ3) is 3.93. The van der Waals surface area contributed by atoms with Gasteiger partial charge < -0.3 is 20.3 Å². The lowest BCUT2D eigenvalue weighted by atomic mass is 9.85. The third-order valence-electron chi connectivity index (χ3n) is 6.45. The number of amides is 3. The molecule has 4 rings (SSSR count). The molecule has 1 aromatic rings. The number of hydrogen-bond donors (Lipinski definition) is 2. The summed E-state index contributed by atoms with van der Waals surface area (Å²) in [7, 11) is 1.44. The van der Waals surface area contributed by atoms with Crippen LogP contribution in [0.15, 0.2) is 18.2 Å². The molecule has 3 fully saturated rings. The lowest BCUT2D eigenvalue weighted by molar-refractivity contribution is -0.135. The van der Waals surface area contributed by atoms with E-state index in [0.29, 0.717) is 25.3 Å². The van der Waals surface area contributed by atoms with Gasteiger partial charge in [-0.2, -0.15) is 0 Å². The maximum absolute atomic E-state index is 13.6. The average molecular weight is 403 g/mol. The second kappa shape index (κ2) is 8.00. The molecule has 0 aromatic heterocycles. The van der Waals surface area contributed by atoms with E-state index in [9.17, 15) is 18.8 Å². The Morgan fingerprint density at radius 2 is 2.14 bits per heavy atom. The minimum Gasteiger partial charge on any atom is -0.496 e. The highest BCUT2D eigenvalue weighted by Crippen LogP contribution is 2.37. The van der Waals surface area contributed by atoms with E-state index in [2.05, 4.69) is 10.6 Å². The lowest BCUT2D eigenvalue weighted by Crippen LogP contribution is -2.42. The van der Waals surface area contributed by atoms with Crippen LogP contribution in [0.25, 0.3) is 0 Å². The molecule has 7 nitrogen and oxygen atoms in total. The Kier molecular flexibility index (Phi) is 5.43. The van der Waals surface area contributed by atoms with Gasteiger partial charge in [-0.3, -0.25) is 14.4 Å². The van der Waals surface area contributed by atoms with Crippen molar-refractivity contribution in [3.8, 4) is 5.75 Å². The summed E-state index contributed by atoms with van der Waals surface area (Å²) in [6, 6.07) is 3.98. The van der Waals surface area contributed by atoms with Gasteiger partial charge in [0.25, 0.3) is 5.91 Å². The van der Waals surface area contributed by atoms with Crippen LogP contribution in [0.2, 0.25) is 0 Å². The number of nitrogens with zero attached hydrogens (tertiary/aromatic N) is 1. The summed E-state index contributed by atoms with van der Waals surface area (Å²) in [5.41, 5.74) is 0.174. The second-order valence-electron chi connectivity index (χ2n) is 8.18. The van der Waals surface area contributed by atoms with E-state index in [0.717, 1.165) is 19.3 Å². The van der Waals surface area contributed by atoms with Crippen molar-refractivity contribution in [1.82, 2.24) is 15.5 Å². The Morgan fingerprint density at radius 3 is 2.86 bits per heavy atom. The Labute approximate surface area is 169 Å². The smallest absolute Gasteiger partial charge is 0.255 e. The van der Waals surface area contributed by atoms with E-state index >= 15 is 0 Å². The molecule has 1 aromatic carbocycles. The number of carbonyl (C=O) groups is 3. The van der Waals surface area contributed by atoms with Crippen LogP contribution in [0, 0.1) is 17.7 Å². The third-order valence-corrected chi connectivity index (χ3v) is 6.45. The van der Waals surface area contributed by atoms with Crippen LogP contribution in [0.4, 0.5) is 4.39 Å². The van der Waals surface area contributed by atoms with Gasteiger partial charge in [0.1, 0.15) is 11.6 Å². The monoisotopic (exact) mass is 403 g/mol. The van der Waals surface area contributed by atoms with E-state index in [1.807, 2.05) is 4.90 Å². The summed E-state index contributed by atoms with van der Waals surface area (Å²) in [6.45, 7) is 1.23. The average Bonchev–Trinajstić information content (AvgIpc) is 3.27. The van der Waals surface area contributed by atoms with Crippen molar-refractivity contribution in [2.45, 2.75) is 44.2 Å². The molecule has 29 heavy (non-hydrogen) atoms. The molecule has 2 heterocycles. The molecule has 0 spiro atoms. The maximum Gasteiger partial charge on any atom is 0.255 e. The van der Waals surface area contributed by atoms with E-state index in [4.69, 9.17) is 4.74 Å². The number of fused-ring (bicyclic) bond motifs is 2. The highest BCUT2D eigenvalue weighted by molar-refractivity contribution is 5.97. The lowest BCUT2D eigenvalue weighted by Gasteiger charge is -2.29. The molecule has 4 unspecified atom stereocenters. The number of ether oxygens (including phenoxy) is 1. The highest BCUT2D eigenvalue weighted by Gasteiger charge is 2.44. The first-order valence-corrected chi connectivity index (χ1v) is 10.2. The molecule has 0 radical (unpaired) electrons. The zero-order chi connectivity index (χ0) is 20.5. The molecule has 2 saturated heterocycles. The van der Waals surface area contributed by atoms with Crippen molar-refractivity contribution in [2.75, 3.05) is 20.2 Å². The fraction of sp³-hybridized carbons (Fsp3) is 0.571. The number of benzene rings is 1. The van der Waals surface area contributed by atoms with Gasteiger partial charge in [-0.1, -0.05) is 0 Å². The largest absolute Gasteiger partial charge is 0.496 e. The van der Waals surface area contributed by atoms with Crippen molar-refractivity contribution in [2.24, 2.45) is 11.8 Å². The molecule has 156 valence electrons. The molecular weight excluding hydrogens is 377 g/mol. The second-order valence-corrected chi connectivity index (χ2v) is 8.18. The Morgan fingerprint density at radius 1 is 1.31 bits per heavy atom. The number of likely N-dealkylation sites (tertiary alicyclic amines) is 1. The number of rotatable bonds is 5. The van der Waals surface area contributed by atoms with Gasteiger partial charge in [0, 0.05) is 37.5 Å². The fourth-order valence-electron chi connectivity index (χ4n) is 4.89. The SMILES string of the molecule is COc1ccc(F)cc1C(=O)NC1CCC2CC1CN2C(=O)CC1CCNC1=O. The van der Waals surface area contributed by atoms with Crippen molar-refractivity contribution in [3.63, 3.8) is 0 Å². The van der Waals surface area contributed by atoms with Crippen molar-refractivity contribution >= 4 is 17.7 Å². The van der Waals surface area contributed by atoms with Crippen LogP contribution >= 0.6 is 0 Å². The van der Waals surface area contributed by atoms with Crippen LogP contribution in [0.3, 0.4) is 0 Å². The molecule has 4 atom stereocenters. The quantitative estimate of drug-likeness (QED) is 0.779. The first-order chi connectivity index (χ1) is 14.0. The van der Waals surface area contributed by atoms with Crippen molar-refractivity contribution in [1.29, 1.82) is 0 Å². The van der Waals surface area contributed by atoms with Gasteiger partial charge in [0.05, 0.1) is 12.7 Å². The molecule has 2 aliphatic heterocycles. The van der Waals surface area contributed by atoms with E-state index in [1.165, 1.54) is 25.3 Å². The standard InChI is InChI=1S/C21H26FN3O4/c1-29-18-5-2-14(22)10-16(18)21(28)24-17-4-3-15-8-13(17)11-25(15)19(26)9-12-6-7-23-20(12)27/h2,5,10,12-13,15,17H,3-4,6-9,11H2,1H3,(H,23,27)(H,24,28). The van der Waals surface area contributed by atoms with Crippen LogP contribution in [0.1, 0.15) is 42.5 Å². The molecule has 1 saturated carbocycles. The minimum absolute atomic E-state index is 0.0262. The van der Waals surface area contributed by atoms with E-state index in [-0.39, 0.29) is 53.6 Å². The number of nitrogens with one attached hydrogen (secondary N) is 2. The summed E-state index contributed by atoms with van der Waals surface area (Å²) in [5, 5.41) is 5.79. The predicted octanol–water partition coefficient (Wildman–Crippen LogP) is 1.47. The zero-order valence-electron chi connectivity index (χ0n) is 16.4. The van der Waals surface area contributed by atoms with Crippen molar-refractivity contribution < 1.29 is 23.5 Å². The summed E-state index contributed by atoms with van der Waals surface area (Å²) < 4.78 is 18.8. The fourth-order valence-corrected chi connectivity index (χ4v) is 4.89. The molecule has 3 amide bonds. The Balaban J connectivity index is 1.39. The number of methoxy groups -OCH3 is 1. The van der Waals surface area contributed by atoms with Crippen LogP contribution in [0.5, 0.6) is 5.75 Å². The van der Waals surface area contributed by atoms with Crippen LogP contribution in [-0.2, 0) is 9.59 Å². The van der Waals surface area contributed by atoms with Gasteiger partial charge in [-0.15, -0.1) is 0 Å². The first kappa shape index (κ1) is 19.7. The normalized spacial score (nSPS) is 28.2. The minimum atomic E-state index is -0.492. The zero-order valence-corrected chi connectivity index (χ0v) is 16.4. The topological polar surface area (TPSA) is 87.7 Å². The summed E-state index contributed by atoms with van der Waals surface area (Å²) in [4.78, 5) is 39.1. The van der Waals surface area contributed by atoms with Gasteiger partial charge in [0.15, 0.2) is 0 Å². The molecular formula is C21H26FN3O4. The maximum atomic E-state index is 13.6. The van der Waals surface area contributed by atoms with Crippen LogP contribution in [-0.4, -0.2) is 54.9 Å². The van der Waals surface area contributed by atoms with Gasteiger partial charge in [-0.05, 0) is 49.8 Å². The molecule has 2 bridgehead atoms. The molecule has 3 aliphatic rings. The van der Waals surface area contributed by atoms with Crippen molar-refractivity contribution in [3.05, 3.63) is 29.6 Å². The Hall–Kier alpha value is -2.64. The molecule has 8 heteroatoms. The molecule has 1 aliphatic carbocycles. The summed E-state index contributed by atoms with van der Waals surface area (Å²) in [6.07, 6.45) is 3.39. The van der Waals surface area contributed by atoms with E-state index in [1.54, 1.807) is 0 Å². The summed E-state index contributed by atoms with van der Waals surface area (Å²) in [5.74, 6) is -0.591. The van der Waals surface area contributed by atoms with E-state index < -0.39 is 5.82 Å².